The molecule has 0 bridgehead atoms. The Morgan fingerprint density at radius 3 is 2.53 bits per heavy atom. The third-order valence-corrected chi connectivity index (χ3v) is 5.73. The van der Waals surface area contributed by atoms with Gasteiger partial charge in [-0.2, -0.15) is 13.2 Å². The monoisotopic (exact) mass is 436 g/mol. The van der Waals surface area contributed by atoms with E-state index in [-0.39, 0.29) is 22.0 Å². The van der Waals surface area contributed by atoms with Crippen LogP contribution in [-0.4, -0.2) is 20.9 Å². The highest BCUT2D eigenvalue weighted by atomic mass is 32.2. The second-order valence-corrected chi connectivity index (χ2v) is 8.35. The van der Waals surface area contributed by atoms with E-state index in [0.29, 0.717) is 18.7 Å². The van der Waals surface area contributed by atoms with E-state index in [1.807, 2.05) is 0 Å². The van der Waals surface area contributed by atoms with Gasteiger partial charge in [-0.05, 0) is 48.4 Å². The lowest BCUT2D eigenvalue weighted by Gasteiger charge is -2.16. The smallest absolute Gasteiger partial charge is 0.416 e. The summed E-state index contributed by atoms with van der Waals surface area (Å²) in [7, 11) is -3.94. The average Bonchev–Trinajstić information content (AvgIpc) is 3.33. The fraction of sp³-hybridized carbons (Fsp3) is 0.150. The fourth-order valence-electron chi connectivity index (χ4n) is 3.34. The third kappa shape index (κ3) is 3.71. The van der Waals surface area contributed by atoms with E-state index in [4.69, 9.17) is 9.56 Å². The van der Waals surface area contributed by atoms with Crippen LogP contribution in [0.4, 0.5) is 18.9 Å². The summed E-state index contributed by atoms with van der Waals surface area (Å²) in [5.41, 5.74) is 0.541. The van der Waals surface area contributed by atoms with Crippen molar-refractivity contribution in [3.05, 3.63) is 71.5 Å². The summed E-state index contributed by atoms with van der Waals surface area (Å²) in [5, 5.41) is 5.16. The molecule has 0 spiro atoms. The first-order chi connectivity index (χ1) is 14.0. The molecule has 3 aromatic rings. The maximum Gasteiger partial charge on any atom is 0.416 e. The molecule has 1 aliphatic rings. The Bertz CT molecular complexity index is 1250. The largest absolute Gasteiger partial charge is 0.451 e. The second kappa shape index (κ2) is 6.99. The molecule has 0 radical (unpaired) electrons. The van der Waals surface area contributed by atoms with Crippen molar-refractivity contribution < 1.29 is 30.8 Å². The topological polar surface area (TPSA) is 93.6 Å². The Morgan fingerprint density at radius 2 is 1.83 bits per heavy atom. The van der Waals surface area contributed by atoms with Gasteiger partial charge in [0.05, 0.1) is 10.5 Å². The first-order valence-corrected chi connectivity index (χ1v) is 10.3. The number of primary sulfonamides is 1. The van der Waals surface area contributed by atoms with E-state index in [0.717, 1.165) is 17.7 Å². The highest BCUT2D eigenvalue weighted by molar-refractivity contribution is 7.89. The van der Waals surface area contributed by atoms with E-state index in [1.54, 1.807) is 6.07 Å². The van der Waals surface area contributed by atoms with Gasteiger partial charge in [-0.25, -0.2) is 13.6 Å². The number of alkyl halides is 3. The predicted molar refractivity (Wildman–Crippen MR) is 102 cm³/mol. The number of carbonyl (C=O) groups excluding carboxylic acids is 1. The maximum absolute atomic E-state index is 12.9. The van der Waals surface area contributed by atoms with E-state index >= 15 is 0 Å². The van der Waals surface area contributed by atoms with E-state index in [2.05, 4.69) is 0 Å². The quantitative estimate of drug-likeness (QED) is 0.676. The lowest BCUT2D eigenvalue weighted by atomic mass is 10.1. The molecule has 10 heteroatoms. The molecular weight excluding hydrogens is 421 g/mol. The molecule has 1 aliphatic heterocycles. The summed E-state index contributed by atoms with van der Waals surface area (Å²) < 4.78 is 67.6. The average molecular weight is 436 g/mol. The van der Waals surface area contributed by atoms with Gasteiger partial charge in [0.1, 0.15) is 5.76 Å². The number of nitrogens with zero attached hydrogens (tertiary/aromatic N) is 1. The molecule has 30 heavy (non-hydrogen) atoms. The molecule has 0 saturated carbocycles. The number of halogens is 3. The molecule has 4 rings (SSSR count). The van der Waals surface area contributed by atoms with Crippen molar-refractivity contribution >= 4 is 21.6 Å². The number of anilines is 1. The van der Waals surface area contributed by atoms with Gasteiger partial charge in [0.2, 0.25) is 10.0 Å². The summed E-state index contributed by atoms with van der Waals surface area (Å²) >= 11 is 0. The van der Waals surface area contributed by atoms with Crippen molar-refractivity contribution in [1.82, 2.24) is 0 Å². The number of hydrogen-bond acceptors (Lipinski definition) is 4. The third-order valence-electron chi connectivity index (χ3n) is 4.82. The Kier molecular flexibility index (Phi) is 4.70. The fourth-order valence-corrected chi connectivity index (χ4v) is 3.87. The number of nitrogens with two attached hydrogens (primary N) is 1. The van der Waals surface area contributed by atoms with Crippen molar-refractivity contribution in [2.24, 2.45) is 5.14 Å². The van der Waals surface area contributed by atoms with E-state index in [1.165, 1.54) is 41.3 Å². The molecular formula is C20H15F3N2O4S. The van der Waals surface area contributed by atoms with Gasteiger partial charge < -0.3 is 9.32 Å². The molecule has 0 saturated heterocycles. The van der Waals surface area contributed by atoms with Crippen LogP contribution in [0.15, 0.2) is 63.9 Å². The normalized spacial score (nSPS) is 14.1. The van der Waals surface area contributed by atoms with Crippen LogP contribution in [0, 0.1) is 0 Å². The minimum atomic E-state index is -4.50. The number of rotatable bonds is 3. The molecule has 2 N–H and O–H groups in total. The summed E-state index contributed by atoms with van der Waals surface area (Å²) in [6, 6.07) is 11.7. The molecule has 6 nitrogen and oxygen atoms in total. The van der Waals surface area contributed by atoms with Crippen LogP contribution in [0.25, 0.3) is 11.3 Å². The molecule has 1 amide bonds. The van der Waals surface area contributed by atoms with Crippen molar-refractivity contribution in [2.45, 2.75) is 17.5 Å². The van der Waals surface area contributed by atoms with Crippen molar-refractivity contribution in [1.29, 1.82) is 0 Å². The summed E-state index contributed by atoms with van der Waals surface area (Å²) in [6.45, 7) is 0.307. The lowest BCUT2D eigenvalue weighted by molar-refractivity contribution is -0.137. The maximum atomic E-state index is 12.9. The molecule has 0 atom stereocenters. The van der Waals surface area contributed by atoms with Crippen LogP contribution in [0.3, 0.4) is 0 Å². The number of hydrogen-bond donors (Lipinski definition) is 1. The van der Waals surface area contributed by atoms with Crippen LogP contribution < -0.4 is 10.0 Å². The Morgan fingerprint density at radius 1 is 1.07 bits per heavy atom. The number of furan rings is 1. The minimum absolute atomic E-state index is 0.0729. The standard InChI is InChI=1S/C20H15F3N2O4S/c21-20(22,23)14-3-1-2-13(10-14)17-6-7-18(29-17)19(26)25-9-8-12-4-5-15(11-16(12)25)30(24,27)28/h1-7,10-11H,8-9H2,(H2,24,27,28). The number of benzene rings is 2. The first-order valence-electron chi connectivity index (χ1n) is 8.79. The zero-order valence-corrected chi connectivity index (χ0v) is 16.1. The Hall–Kier alpha value is -3.11. The molecule has 1 aromatic heterocycles. The van der Waals surface area contributed by atoms with Gasteiger partial charge in [0.15, 0.2) is 5.76 Å². The molecule has 156 valence electrons. The van der Waals surface area contributed by atoms with Gasteiger partial charge >= 0.3 is 6.18 Å². The Labute approximate surface area is 169 Å². The first kappa shape index (κ1) is 20.2. The predicted octanol–water partition coefficient (Wildman–Crippen LogP) is 3.82. The van der Waals surface area contributed by atoms with E-state index in [9.17, 15) is 26.4 Å². The van der Waals surface area contributed by atoms with Crippen LogP contribution in [0.5, 0.6) is 0 Å². The lowest BCUT2D eigenvalue weighted by Crippen LogP contribution is -2.28. The van der Waals surface area contributed by atoms with Gasteiger partial charge in [-0.3, -0.25) is 4.79 Å². The highest BCUT2D eigenvalue weighted by Gasteiger charge is 2.31. The van der Waals surface area contributed by atoms with Gasteiger partial charge in [-0.1, -0.05) is 18.2 Å². The van der Waals surface area contributed by atoms with Crippen LogP contribution >= 0.6 is 0 Å². The Balaban J connectivity index is 1.64. The summed E-state index contributed by atoms with van der Waals surface area (Å²) in [4.78, 5) is 14.2. The van der Waals surface area contributed by atoms with Crippen molar-refractivity contribution in [2.75, 3.05) is 11.4 Å². The second-order valence-electron chi connectivity index (χ2n) is 6.78. The molecule has 0 aliphatic carbocycles. The number of carbonyl (C=O) groups is 1. The minimum Gasteiger partial charge on any atom is -0.451 e. The number of amides is 1. The zero-order chi connectivity index (χ0) is 21.7. The van der Waals surface area contributed by atoms with Gasteiger partial charge in [0.25, 0.3) is 5.91 Å². The summed E-state index contributed by atoms with van der Waals surface area (Å²) in [6.07, 6.45) is -3.98. The molecule has 0 unspecified atom stereocenters. The SMILES string of the molecule is NS(=O)(=O)c1ccc2c(c1)N(C(=O)c1ccc(-c3cccc(C(F)(F)F)c3)o1)CC2. The van der Waals surface area contributed by atoms with Crippen LogP contribution in [-0.2, 0) is 22.6 Å². The number of fused-ring (bicyclic) bond motifs is 1. The van der Waals surface area contributed by atoms with Crippen molar-refractivity contribution in [3.63, 3.8) is 0 Å². The zero-order valence-electron chi connectivity index (χ0n) is 15.3. The van der Waals surface area contributed by atoms with Crippen LogP contribution in [0.1, 0.15) is 21.7 Å². The highest BCUT2D eigenvalue weighted by Crippen LogP contribution is 2.34. The van der Waals surface area contributed by atoms with Gasteiger partial charge in [0, 0.05) is 17.8 Å². The van der Waals surface area contributed by atoms with Crippen LogP contribution in [0.2, 0.25) is 0 Å². The number of sulfonamides is 1. The van der Waals surface area contributed by atoms with Gasteiger partial charge in [-0.15, -0.1) is 0 Å². The molecule has 2 heterocycles. The summed E-state index contributed by atoms with van der Waals surface area (Å²) in [5.74, 6) is -0.489. The van der Waals surface area contributed by atoms with Crippen molar-refractivity contribution in [3.8, 4) is 11.3 Å². The van der Waals surface area contributed by atoms with E-state index < -0.39 is 27.7 Å². The molecule has 0 fully saturated rings. The molecule has 2 aromatic carbocycles.